The average molecular weight is 230 g/mol. The van der Waals surface area contributed by atoms with Gasteiger partial charge < -0.3 is 9.64 Å². The molecule has 0 radical (unpaired) electrons. The van der Waals surface area contributed by atoms with Crippen molar-refractivity contribution in [3.63, 3.8) is 0 Å². The van der Waals surface area contributed by atoms with Crippen molar-refractivity contribution in [2.75, 3.05) is 27.2 Å². The Morgan fingerprint density at radius 3 is 2.67 bits per heavy atom. The molecule has 0 aliphatic heterocycles. The van der Waals surface area contributed by atoms with Crippen LogP contribution in [0, 0.1) is 0 Å². The van der Waals surface area contributed by atoms with Gasteiger partial charge in [-0.3, -0.25) is 4.79 Å². The number of rotatable bonds is 5. The average Bonchev–Trinajstić information content (AvgIpc) is 2.18. The summed E-state index contributed by atoms with van der Waals surface area (Å²) in [4.78, 5) is 12.7. The van der Waals surface area contributed by atoms with Crippen LogP contribution in [0.5, 0.6) is 5.88 Å². The third-order valence-electron chi connectivity index (χ3n) is 1.63. The number of aromatic nitrogens is 2. The topological polar surface area (TPSA) is 55.3 Å². The van der Waals surface area contributed by atoms with Crippen LogP contribution in [0.1, 0.15) is 10.5 Å². The molecule has 6 heteroatoms. The summed E-state index contributed by atoms with van der Waals surface area (Å²) in [7, 11) is 3.90. The molecule has 0 atom stereocenters. The van der Waals surface area contributed by atoms with E-state index in [-0.39, 0.29) is 5.69 Å². The Hall–Kier alpha value is -1.20. The number of halogens is 1. The van der Waals surface area contributed by atoms with E-state index < -0.39 is 5.24 Å². The molecule has 0 unspecified atom stereocenters. The summed E-state index contributed by atoms with van der Waals surface area (Å²) in [5.74, 6) is 0.388. The van der Waals surface area contributed by atoms with Crippen molar-refractivity contribution < 1.29 is 9.53 Å². The van der Waals surface area contributed by atoms with E-state index in [1.807, 2.05) is 19.0 Å². The van der Waals surface area contributed by atoms with Crippen LogP contribution in [-0.2, 0) is 0 Å². The zero-order valence-corrected chi connectivity index (χ0v) is 9.36. The lowest BCUT2D eigenvalue weighted by molar-refractivity contribution is 0.107. The van der Waals surface area contributed by atoms with Gasteiger partial charge in [0.15, 0.2) is 0 Å². The van der Waals surface area contributed by atoms with Crippen LogP contribution >= 0.6 is 11.6 Å². The number of ether oxygens (including phenoxy) is 1. The molecule has 1 rings (SSSR count). The lowest BCUT2D eigenvalue weighted by atomic mass is 10.4. The molecule has 0 aliphatic carbocycles. The molecule has 1 aromatic rings. The van der Waals surface area contributed by atoms with Crippen LogP contribution in [0.15, 0.2) is 12.1 Å². The monoisotopic (exact) mass is 229 g/mol. The second-order valence-electron chi connectivity index (χ2n) is 3.18. The summed E-state index contributed by atoms with van der Waals surface area (Å²) in [6.45, 7) is 1.31. The van der Waals surface area contributed by atoms with Gasteiger partial charge in [-0.15, -0.1) is 10.2 Å². The van der Waals surface area contributed by atoms with E-state index in [0.29, 0.717) is 12.5 Å². The van der Waals surface area contributed by atoms with Gasteiger partial charge in [0.25, 0.3) is 5.24 Å². The van der Waals surface area contributed by atoms with Crippen LogP contribution in [0.25, 0.3) is 0 Å². The standard InChI is InChI=1S/C9H12ClN3O2/c1-13(2)5-6-15-8-4-3-7(9(10)14)11-12-8/h3-4H,5-6H2,1-2H3. The maximum atomic E-state index is 10.7. The Bertz CT molecular complexity index is 327. The molecule has 0 N–H and O–H groups in total. The van der Waals surface area contributed by atoms with Gasteiger partial charge in [-0.1, -0.05) is 0 Å². The fraction of sp³-hybridized carbons (Fsp3) is 0.444. The van der Waals surface area contributed by atoms with Crippen molar-refractivity contribution in [1.29, 1.82) is 0 Å². The quantitative estimate of drug-likeness (QED) is 0.699. The first-order chi connectivity index (χ1) is 7.09. The SMILES string of the molecule is CN(C)CCOc1ccc(C(=O)Cl)nn1. The van der Waals surface area contributed by atoms with E-state index >= 15 is 0 Å². The third-order valence-corrected chi connectivity index (χ3v) is 1.82. The smallest absolute Gasteiger partial charge is 0.272 e. The molecule has 0 fully saturated rings. The Morgan fingerprint density at radius 1 is 1.47 bits per heavy atom. The maximum absolute atomic E-state index is 10.7. The predicted molar refractivity (Wildman–Crippen MR) is 56.3 cm³/mol. The van der Waals surface area contributed by atoms with Crippen LogP contribution in [-0.4, -0.2) is 47.6 Å². The van der Waals surface area contributed by atoms with Gasteiger partial charge in [-0.2, -0.15) is 0 Å². The number of likely N-dealkylation sites (N-methyl/N-ethyl adjacent to an activating group) is 1. The molecule has 82 valence electrons. The van der Waals surface area contributed by atoms with Gasteiger partial charge in [0, 0.05) is 12.6 Å². The molecule has 0 amide bonds. The van der Waals surface area contributed by atoms with E-state index in [1.165, 1.54) is 6.07 Å². The highest BCUT2D eigenvalue weighted by Gasteiger charge is 2.04. The lowest BCUT2D eigenvalue weighted by Gasteiger charge is -2.09. The molecule has 0 bridgehead atoms. The van der Waals surface area contributed by atoms with Crippen molar-refractivity contribution in [3.05, 3.63) is 17.8 Å². The summed E-state index contributed by atoms with van der Waals surface area (Å²) in [5, 5.41) is 6.68. The van der Waals surface area contributed by atoms with Crippen molar-refractivity contribution in [1.82, 2.24) is 15.1 Å². The Labute approximate surface area is 93.0 Å². The van der Waals surface area contributed by atoms with Crippen LogP contribution < -0.4 is 4.74 Å². The van der Waals surface area contributed by atoms with Crippen molar-refractivity contribution >= 4 is 16.8 Å². The van der Waals surface area contributed by atoms with Crippen LogP contribution in [0.3, 0.4) is 0 Å². The molecule has 15 heavy (non-hydrogen) atoms. The third kappa shape index (κ3) is 4.22. The van der Waals surface area contributed by atoms with Crippen LogP contribution in [0.2, 0.25) is 0 Å². The van der Waals surface area contributed by atoms with Gasteiger partial charge in [0.2, 0.25) is 5.88 Å². The second kappa shape index (κ2) is 5.63. The summed E-state index contributed by atoms with van der Waals surface area (Å²) < 4.78 is 5.28. The van der Waals surface area contributed by atoms with E-state index in [9.17, 15) is 4.79 Å². The minimum Gasteiger partial charge on any atom is -0.475 e. The Morgan fingerprint density at radius 2 is 2.20 bits per heavy atom. The maximum Gasteiger partial charge on any atom is 0.272 e. The summed E-state index contributed by atoms with van der Waals surface area (Å²) in [6, 6.07) is 3.05. The zero-order chi connectivity index (χ0) is 11.3. The normalized spacial score (nSPS) is 10.4. The van der Waals surface area contributed by atoms with E-state index in [4.69, 9.17) is 16.3 Å². The van der Waals surface area contributed by atoms with E-state index in [0.717, 1.165) is 6.54 Å². The minimum atomic E-state index is -0.623. The predicted octanol–water partition coefficient (Wildman–Crippen LogP) is 0.796. The molecule has 0 aliphatic rings. The molecule has 1 aromatic heterocycles. The molecule has 0 saturated carbocycles. The summed E-state index contributed by atoms with van der Waals surface area (Å²) >= 11 is 5.21. The van der Waals surface area contributed by atoms with Gasteiger partial charge in [0.1, 0.15) is 12.3 Å². The first-order valence-electron chi connectivity index (χ1n) is 4.40. The van der Waals surface area contributed by atoms with Gasteiger partial charge in [-0.25, -0.2) is 0 Å². The fourth-order valence-electron chi connectivity index (χ4n) is 0.835. The number of carbonyl (C=O) groups excluding carboxylic acids is 1. The van der Waals surface area contributed by atoms with Crippen LogP contribution in [0.4, 0.5) is 0 Å². The Kier molecular flexibility index (Phi) is 4.45. The molecule has 1 heterocycles. The highest BCUT2D eigenvalue weighted by atomic mass is 35.5. The summed E-state index contributed by atoms with van der Waals surface area (Å²) in [6.07, 6.45) is 0. The highest BCUT2D eigenvalue weighted by Crippen LogP contribution is 2.06. The first-order valence-corrected chi connectivity index (χ1v) is 4.78. The van der Waals surface area contributed by atoms with Gasteiger partial charge in [0.05, 0.1) is 0 Å². The fourth-order valence-corrected chi connectivity index (χ4v) is 0.935. The van der Waals surface area contributed by atoms with Crippen molar-refractivity contribution in [3.8, 4) is 5.88 Å². The first kappa shape index (κ1) is 11.9. The number of carbonyl (C=O) groups is 1. The molecular weight excluding hydrogens is 218 g/mol. The van der Waals surface area contributed by atoms with E-state index in [1.54, 1.807) is 6.07 Å². The largest absolute Gasteiger partial charge is 0.475 e. The Balaban J connectivity index is 2.46. The van der Waals surface area contributed by atoms with Crippen molar-refractivity contribution in [2.24, 2.45) is 0 Å². The molecule has 0 spiro atoms. The highest BCUT2D eigenvalue weighted by molar-refractivity contribution is 6.67. The minimum absolute atomic E-state index is 0.122. The number of hydrogen-bond acceptors (Lipinski definition) is 5. The second-order valence-corrected chi connectivity index (χ2v) is 3.53. The lowest BCUT2D eigenvalue weighted by Crippen LogP contribution is -2.19. The number of nitrogens with zero attached hydrogens (tertiary/aromatic N) is 3. The number of hydrogen-bond donors (Lipinski definition) is 0. The van der Waals surface area contributed by atoms with Gasteiger partial charge in [-0.05, 0) is 31.8 Å². The van der Waals surface area contributed by atoms with Crippen molar-refractivity contribution in [2.45, 2.75) is 0 Å². The molecule has 5 nitrogen and oxygen atoms in total. The molecular formula is C9H12ClN3O2. The van der Waals surface area contributed by atoms with Gasteiger partial charge >= 0.3 is 0 Å². The molecule has 0 aromatic carbocycles. The summed E-state index contributed by atoms with van der Waals surface area (Å²) in [5.41, 5.74) is 0.122. The molecule has 0 saturated heterocycles. The zero-order valence-electron chi connectivity index (χ0n) is 8.61. The van der Waals surface area contributed by atoms with E-state index in [2.05, 4.69) is 10.2 Å².